The normalized spacial score (nSPS) is 11.6. The Bertz CT molecular complexity index is 468. The summed E-state index contributed by atoms with van der Waals surface area (Å²) in [5.74, 6) is 0.276. The van der Waals surface area contributed by atoms with Crippen molar-refractivity contribution >= 4 is 8.54 Å². The molecule has 0 spiro atoms. The molecule has 0 aliphatic heterocycles. The van der Waals surface area contributed by atoms with E-state index in [0.717, 1.165) is 6.42 Å². The van der Waals surface area contributed by atoms with Crippen molar-refractivity contribution < 1.29 is 27.5 Å². The van der Waals surface area contributed by atoms with Gasteiger partial charge in [-0.05, 0) is 0 Å². The molecule has 0 saturated carbocycles. The van der Waals surface area contributed by atoms with Gasteiger partial charge in [0.2, 0.25) is 0 Å². The van der Waals surface area contributed by atoms with Crippen LogP contribution in [0.2, 0.25) is 0 Å². The first kappa shape index (κ1) is 17.5. The van der Waals surface area contributed by atoms with E-state index >= 15 is 0 Å². The Morgan fingerprint density at radius 1 is 0.950 bits per heavy atom. The van der Waals surface area contributed by atoms with Crippen molar-refractivity contribution in [1.82, 2.24) is 0 Å². The second-order valence-electron chi connectivity index (χ2n) is 4.95. The van der Waals surface area contributed by atoms with Crippen LogP contribution in [0.5, 0.6) is 5.75 Å². The molecule has 0 amide bonds. The second-order valence-corrected chi connectivity index (χ2v) is 7.24. The van der Waals surface area contributed by atoms with Gasteiger partial charge in [-0.25, -0.2) is 0 Å². The summed E-state index contributed by atoms with van der Waals surface area (Å²) >= 11 is 4.34. The van der Waals surface area contributed by atoms with Crippen LogP contribution in [0.1, 0.15) is 57.4 Å². The molecule has 3 nitrogen and oxygen atoms in total. The average Bonchev–Trinajstić information content (AvgIpc) is 2.38. The molecule has 0 N–H and O–H groups in total. The Morgan fingerprint density at radius 2 is 1.50 bits per heavy atom. The van der Waals surface area contributed by atoms with E-state index in [1.165, 1.54) is 50.5 Å². The summed E-state index contributed by atoms with van der Waals surface area (Å²) < 4.78 is 26.2. The van der Waals surface area contributed by atoms with E-state index in [1.807, 2.05) is 12.1 Å². The molecule has 0 unspecified atom stereocenters. The zero-order chi connectivity index (χ0) is 14.8. The van der Waals surface area contributed by atoms with Gasteiger partial charge in [-0.15, -0.1) is 0 Å². The minimum atomic E-state index is -3.86. The van der Waals surface area contributed by atoms with Crippen LogP contribution in [0.4, 0.5) is 0 Å². The van der Waals surface area contributed by atoms with Crippen LogP contribution in [0.3, 0.4) is 0 Å². The standard InChI is InChI=1S/C15H23O3S.Cu/c1-2-3-4-5-6-7-8-9-14-10-12-15(13-11-14)18-19(16)17;/h10-13H,2-9H2,1H3;. The van der Waals surface area contributed by atoms with Crippen molar-refractivity contribution in [2.24, 2.45) is 0 Å². The molecule has 1 aromatic carbocycles. The van der Waals surface area contributed by atoms with Gasteiger partial charge >= 0.3 is 110 Å². The van der Waals surface area contributed by atoms with E-state index in [4.69, 9.17) is 0 Å². The first-order chi connectivity index (χ1) is 9.51. The third-order valence-electron chi connectivity index (χ3n) is 3.18. The Morgan fingerprint density at radius 3 is 2.05 bits per heavy atom. The molecule has 0 fully saturated rings. The Labute approximate surface area is 130 Å². The van der Waals surface area contributed by atoms with Gasteiger partial charge in [0, 0.05) is 0 Å². The van der Waals surface area contributed by atoms with E-state index in [1.54, 1.807) is 12.1 Å². The molecule has 0 aliphatic carbocycles. The van der Waals surface area contributed by atoms with E-state index < -0.39 is 8.54 Å². The summed E-state index contributed by atoms with van der Waals surface area (Å²) in [6, 6.07) is 7.09. The summed E-state index contributed by atoms with van der Waals surface area (Å²) in [6.07, 6.45) is 10.0. The van der Waals surface area contributed by atoms with E-state index in [0.29, 0.717) is 0 Å². The molecule has 0 atom stereocenters. The molecule has 1 aromatic rings. The van der Waals surface area contributed by atoms with Gasteiger partial charge in [0.05, 0.1) is 0 Å². The summed E-state index contributed by atoms with van der Waals surface area (Å²) in [5.41, 5.74) is 1.20. The van der Waals surface area contributed by atoms with Gasteiger partial charge in [0.1, 0.15) is 0 Å². The molecule has 118 valence electrons. The zero-order valence-corrected chi connectivity index (χ0v) is 13.7. The Hall–Kier alpha value is -0.511. The van der Waals surface area contributed by atoms with Crippen molar-refractivity contribution in [2.45, 2.75) is 58.3 Å². The molecule has 0 bridgehead atoms. The van der Waals surface area contributed by atoms with Crippen LogP contribution < -0.4 is 4.18 Å². The molecule has 1 rings (SSSR count). The van der Waals surface area contributed by atoms with Crippen LogP contribution in [-0.2, 0) is 29.8 Å². The number of aryl methyl sites for hydroxylation is 1. The number of hydrogen-bond donors (Lipinski definition) is 0. The van der Waals surface area contributed by atoms with E-state index in [9.17, 15) is 8.42 Å². The summed E-state index contributed by atoms with van der Waals surface area (Å²) in [4.78, 5) is 0. The quantitative estimate of drug-likeness (QED) is 0.472. The van der Waals surface area contributed by atoms with Crippen LogP contribution in [0, 0.1) is 0 Å². The number of hydrogen-bond acceptors (Lipinski definition) is 3. The van der Waals surface area contributed by atoms with Crippen molar-refractivity contribution in [2.75, 3.05) is 0 Å². The zero-order valence-electron chi connectivity index (χ0n) is 11.9. The summed E-state index contributed by atoms with van der Waals surface area (Å²) in [7, 11) is -3.86. The third kappa shape index (κ3) is 8.62. The molecular formula is C15H23CuO3S. The fourth-order valence-electron chi connectivity index (χ4n) is 2.11. The van der Waals surface area contributed by atoms with Crippen molar-refractivity contribution in [3.05, 3.63) is 29.8 Å². The van der Waals surface area contributed by atoms with Crippen molar-refractivity contribution in [3.8, 4) is 5.75 Å². The number of benzene rings is 1. The third-order valence-corrected chi connectivity index (χ3v) is 3.80. The average molecular weight is 347 g/mol. The van der Waals surface area contributed by atoms with Crippen LogP contribution in [-0.4, -0.2) is 8.42 Å². The summed E-state index contributed by atoms with van der Waals surface area (Å²) in [5, 5.41) is 0. The monoisotopic (exact) mass is 346 g/mol. The second kappa shape index (κ2) is 9.43. The first-order valence-electron chi connectivity index (χ1n) is 7.21. The van der Waals surface area contributed by atoms with Gasteiger partial charge in [0.15, 0.2) is 0 Å². The molecule has 0 heterocycles. The first-order valence-corrected chi connectivity index (χ1v) is 9.61. The maximum absolute atomic E-state index is 10.8. The maximum atomic E-state index is 10.8. The van der Waals surface area contributed by atoms with Gasteiger partial charge in [-0.1, -0.05) is 19.8 Å². The van der Waals surface area contributed by atoms with Gasteiger partial charge < -0.3 is 0 Å². The topological polar surface area (TPSA) is 43.4 Å². The molecule has 0 aromatic heterocycles. The number of rotatable bonds is 10. The predicted molar refractivity (Wildman–Crippen MR) is 77.7 cm³/mol. The van der Waals surface area contributed by atoms with E-state index in [2.05, 4.69) is 26.0 Å². The fraction of sp³-hybridized carbons (Fsp3) is 0.600. The molecule has 0 saturated heterocycles. The predicted octanol–water partition coefficient (Wildman–Crippen LogP) is 4.15. The van der Waals surface area contributed by atoms with Crippen LogP contribution >= 0.6 is 0 Å². The Kier molecular flexibility index (Phi) is 8.27. The van der Waals surface area contributed by atoms with Gasteiger partial charge in [-0.3, -0.25) is 0 Å². The molecule has 0 aliphatic rings. The van der Waals surface area contributed by atoms with Gasteiger partial charge in [-0.2, -0.15) is 0 Å². The molecular weight excluding hydrogens is 324 g/mol. The summed E-state index contributed by atoms with van der Waals surface area (Å²) in [6.45, 7) is 2.23. The Balaban J connectivity index is 2.21. The van der Waals surface area contributed by atoms with Crippen molar-refractivity contribution in [3.63, 3.8) is 0 Å². The van der Waals surface area contributed by atoms with Crippen LogP contribution in [0.15, 0.2) is 24.3 Å². The minimum absolute atomic E-state index is 0.276. The fourth-order valence-corrected chi connectivity index (χ4v) is 2.70. The van der Waals surface area contributed by atoms with Gasteiger partial charge in [0.25, 0.3) is 0 Å². The van der Waals surface area contributed by atoms with Crippen LogP contribution in [0.25, 0.3) is 0 Å². The van der Waals surface area contributed by atoms with E-state index in [-0.39, 0.29) is 5.75 Å². The SMILES string of the molecule is CCCCCCCCCc1ccc(O[S](=O)(=O)[Cu])cc1. The molecule has 0 radical (unpaired) electrons. The molecule has 20 heavy (non-hydrogen) atoms. The number of unbranched alkanes of at least 4 members (excludes halogenated alkanes) is 6. The van der Waals surface area contributed by atoms with Crippen molar-refractivity contribution in [1.29, 1.82) is 0 Å². The molecule has 5 heteroatoms.